The Labute approximate surface area is 217 Å². The molecule has 7 nitrogen and oxygen atoms in total. The maximum absolute atomic E-state index is 13.5. The fourth-order valence-electron chi connectivity index (χ4n) is 4.45. The molecule has 3 aromatic carbocycles. The van der Waals surface area contributed by atoms with E-state index in [1.165, 1.54) is 12.1 Å². The highest BCUT2D eigenvalue weighted by atomic mass is 19.4. The number of nitrogens with one attached hydrogen (secondary N) is 2. The first-order valence-corrected chi connectivity index (χ1v) is 11.9. The van der Waals surface area contributed by atoms with Crippen molar-refractivity contribution in [3.05, 3.63) is 102 Å². The second-order valence-corrected chi connectivity index (χ2v) is 8.84. The number of nitrogens with zero attached hydrogens (tertiary/aromatic N) is 1. The molecule has 0 aromatic heterocycles. The molecule has 0 bridgehead atoms. The second-order valence-electron chi connectivity index (χ2n) is 8.84. The minimum atomic E-state index is -4.57. The summed E-state index contributed by atoms with van der Waals surface area (Å²) in [6, 6.07) is 23.8. The van der Waals surface area contributed by atoms with Crippen LogP contribution in [0.4, 0.5) is 18.9 Å². The lowest BCUT2D eigenvalue weighted by molar-refractivity contribution is -0.144. The number of hydrogen-bond acceptors (Lipinski definition) is 4. The maximum Gasteiger partial charge on any atom is 0.389 e. The molecule has 1 heterocycles. The van der Waals surface area contributed by atoms with Crippen molar-refractivity contribution in [2.45, 2.75) is 31.1 Å². The molecule has 10 heteroatoms. The van der Waals surface area contributed by atoms with E-state index in [-0.39, 0.29) is 0 Å². The SMILES string of the molecule is NC(=O)C(c1ccccc1)C(CCC(F)(F)F)C(=O)NC1N=C(c2ccccc2)c2ccccc2NC1=O. The predicted octanol–water partition coefficient (Wildman–Crippen LogP) is 4.15. The number of nitrogens with two attached hydrogens (primary N) is 1. The van der Waals surface area contributed by atoms with E-state index in [0.29, 0.717) is 28.1 Å². The van der Waals surface area contributed by atoms with E-state index in [1.807, 2.05) is 6.07 Å². The van der Waals surface area contributed by atoms with Crippen LogP contribution in [0.3, 0.4) is 0 Å². The zero-order valence-corrected chi connectivity index (χ0v) is 20.1. The quantitative estimate of drug-likeness (QED) is 0.413. The Hall–Kier alpha value is -4.47. The van der Waals surface area contributed by atoms with E-state index in [9.17, 15) is 27.6 Å². The van der Waals surface area contributed by atoms with E-state index in [1.54, 1.807) is 66.7 Å². The topological polar surface area (TPSA) is 114 Å². The third-order valence-electron chi connectivity index (χ3n) is 6.22. The Bertz CT molecular complexity index is 1340. The number of para-hydroxylation sites is 1. The Morgan fingerprint density at radius 3 is 2.18 bits per heavy atom. The molecule has 4 rings (SSSR count). The normalized spacial score (nSPS) is 16.8. The smallest absolute Gasteiger partial charge is 0.369 e. The average Bonchev–Trinajstić information content (AvgIpc) is 3.02. The molecular weight excluding hydrogens is 497 g/mol. The van der Waals surface area contributed by atoms with Gasteiger partial charge in [-0.25, -0.2) is 4.99 Å². The van der Waals surface area contributed by atoms with Gasteiger partial charge in [-0.1, -0.05) is 78.9 Å². The third-order valence-corrected chi connectivity index (χ3v) is 6.22. The number of primary amides is 1. The minimum absolute atomic E-state index is 0.300. The summed E-state index contributed by atoms with van der Waals surface area (Å²) in [5.74, 6) is -5.41. The van der Waals surface area contributed by atoms with Crippen molar-refractivity contribution >= 4 is 29.1 Å². The van der Waals surface area contributed by atoms with E-state index in [2.05, 4.69) is 15.6 Å². The summed E-state index contributed by atoms with van der Waals surface area (Å²) in [7, 11) is 0. The summed E-state index contributed by atoms with van der Waals surface area (Å²) in [5.41, 5.74) is 8.03. The second kappa shape index (κ2) is 11.3. The minimum Gasteiger partial charge on any atom is -0.369 e. The summed E-state index contributed by atoms with van der Waals surface area (Å²) in [5, 5.41) is 5.19. The maximum atomic E-state index is 13.5. The molecule has 0 saturated heterocycles. The number of anilines is 1. The Morgan fingerprint density at radius 1 is 0.947 bits per heavy atom. The molecule has 0 saturated carbocycles. The largest absolute Gasteiger partial charge is 0.389 e. The van der Waals surface area contributed by atoms with E-state index in [4.69, 9.17) is 5.73 Å². The van der Waals surface area contributed by atoms with Crippen molar-refractivity contribution in [2.24, 2.45) is 16.6 Å². The van der Waals surface area contributed by atoms with Crippen LogP contribution in [0.5, 0.6) is 0 Å². The third kappa shape index (κ3) is 6.26. The zero-order valence-electron chi connectivity index (χ0n) is 20.1. The molecule has 0 spiro atoms. The fraction of sp³-hybridized carbons (Fsp3) is 0.214. The number of halogens is 3. The Kier molecular flexibility index (Phi) is 7.90. The van der Waals surface area contributed by atoms with Crippen LogP contribution >= 0.6 is 0 Å². The summed E-state index contributed by atoms with van der Waals surface area (Å²) >= 11 is 0. The molecular formula is C28H25F3N4O3. The van der Waals surface area contributed by atoms with Gasteiger partial charge in [0.05, 0.1) is 23.2 Å². The molecule has 1 aliphatic heterocycles. The van der Waals surface area contributed by atoms with E-state index >= 15 is 0 Å². The molecule has 0 aliphatic carbocycles. The van der Waals surface area contributed by atoms with Gasteiger partial charge in [-0.15, -0.1) is 0 Å². The Balaban J connectivity index is 1.71. The lowest BCUT2D eigenvalue weighted by Gasteiger charge is -2.26. The number of aliphatic imine (C=N–C) groups is 1. The first kappa shape index (κ1) is 26.6. The van der Waals surface area contributed by atoms with Gasteiger partial charge in [-0.3, -0.25) is 14.4 Å². The molecule has 3 aromatic rings. The number of hydrogen-bond donors (Lipinski definition) is 3. The Morgan fingerprint density at radius 2 is 1.55 bits per heavy atom. The van der Waals surface area contributed by atoms with Gasteiger partial charge in [0, 0.05) is 17.5 Å². The molecule has 0 radical (unpaired) electrons. The summed E-state index contributed by atoms with van der Waals surface area (Å²) in [4.78, 5) is 43.5. The summed E-state index contributed by atoms with van der Waals surface area (Å²) in [6.07, 6.45) is -8.07. The number of benzene rings is 3. The van der Waals surface area contributed by atoms with Crippen LogP contribution in [0.2, 0.25) is 0 Å². The van der Waals surface area contributed by atoms with Gasteiger partial charge in [-0.05, 0) is 18.1 Å². The van der Waals surface area contributed by atoms with Crippen LogP contribution < -0.4 is 16.4 Å². The standard InChI is InChI=1S/C28H25F3N4O3/c29-28(30,31)16-15-20(22(24(32)36)17-9-3-1-4-10-17)26(37)35-25-27(38)33-21-14-8-7-13-19(21)23(34-25)18-11-5-2-6-12-18/h1-14,20,22,25H,15-16H2,(H2,32,36)(H,33,38)(H,35,37). The summed E-state index contributed by atoms with van der Waals surface area (Å²) in [6.45, 7) is 0. The van der Waals surface area contributed by atoms with Crippen LogP contribution in [0, 0.1) is 5.92 Å². The van der Waals surface area contributed by atoms with Crippen LogP contribution in [0.25, 0.3) is 0 Å². The number of alkyl halides is 3. The molecule has 0 fully saturated rings. The van der Waals surface area contributed by atoms with Crippen molar-refractivity contribution in [1.29, 1.82) is 0 Å². The van der Waals surface area contributed by atoms with Gasteiger partial charge >= 0.3 is 6.18 Å². The molecule has 38 heavy (non-hydrogen) atoms. The lowest BCUT2D eigenvalue weighted by Crippen LogP contribution is -2.47. The molecule has 3 amide bonds. The predicted molar refractivity (Wildman–Crippen MR) is 136 cm³/mol. The van der Waals surface area contributed by atoms with Crippen LogP contribution in [-0.4, -0.2) is 35.8 Å². The van der Waals surface area contributed by atoms with Crippen LogP contribution in [-0.2, 0) is 14.4 Å². The van der Waals surface area contributed by atoms with E-state index in [0.717, 1.165) is 0 Å². The zero-order chi connectivity index (χ0) is 27.3. The highest BCUT2D eigenvalue weighted by Crippen LogP contribution is 2.33. The monoisotopic (exact) mass is 522 g/mol. The fourth-order valence-corrected chi connectivity index (χ4v) is 4.45. The molecule has 196 valence electrons. The number of benzodiazepines with no additional fused rings is 1. The van der Waals surface area contributed by atoms with Gasteiger partial charge in [0.25, 0.3) is 5.91 Å². The van der Waals surface area contributed by atoms with Crippen LogP contribution in [0.15, 0.2) is 89.9 Å². The van der Waals surface area contributed by atoms with Gasteiger partial charge in [0.2, 0.25) is 18.0 Å². The van der Waals surface area contributed by atoms with Crippen molar-refractivity contribution < 1.29 is 27.6 Å². The number of rotatable bonds is 8. The summed E-state index contributed by atoms with van der Waals surface area (Å²) < 4.78 is 39.5. The van der Waals surface area contributed by atoms with Gasteiger partial charge < -0.3 is 16.4 Å². The van der Waals surface area contributed by atoms with Gasteiger partial charge in [0.1, 0.15) is 0 Å². The number of carbonyl (C=O) groups excluding carboxylic acids is 3. The number of carbonyl (C=O) groups is 3. The highest BCUT2D eigenvalue weighted by molar-refractivity contribution is 6.19. The molecule has 3 atom stereocenters. The lowest BCUT2D eigenvalue weighted by atomic mass is 9.81. The van der Waals surface area contributed by atoms with Crippen molar-refractivity contribution in [3.63, 3.8) is 0 Å². The first-order chi connectivity index (χ1) is 18.1. The van der Waals surface area contributed by atoms with Crippen LogP contribution in [0.1, 0.15) is 35.4 Å². The van der Waals surface area contributed by atoms with Crippen molar-refractivity contribution in [2.75, 3.05) is 5.32 Å². The van der Waals surface area contributed by atoms with Crippen molar-refractivity contribution in [1.82, 2.24) is 5.32 Å². The van der Waals surface area contributed by atoms with Gasteiger partial charge in [0.15, 0.2) is 0 Å². The first-order valence-electron chi connectivity index (χ1n) is 11.9. The number of amides is 3. The molecule has 1 aliphatic rings. The average molecular weight is 523 g/mol. The highest BCUT2D eigenvalue weighted by Gasteiger charge is 2.39. The molecule has 3 unspecified atom stereocenters. The van der Waals surface area contributed by atoms with E-state index < -0.39 is 54.7 Å². The van der Waals surface area contributed by atoms with Gasteiger partial charge in [-0.2, -0.15) is 13.2 Å². The van der Waals surface area contributed by atoms with Crippen molar-refractivity contribution in [3.8, 4) is 0 Å². The number of fused-ring (bicyclic) bond motifs is 1. The molecule has 4 N–H and O–H groups in total.